The van der Waals surface area contributed by atoms with Crippen molar-refractivity contribution in [2.24, 2.45) is 23.7 Å². The van der Waals surface area contributed by atoms with Gasteiger partial charge in [0.2, 0.25) is 5.91 Å². The molecule has 38 heavy (non-hydrogen) atoms. The summed E-state index contributed by atoms with van der Waals surface area (Å²) in [6.45, 7) is 8.93. The van der Waals surface area contributed by atoms with E-state index in [0.717, 1.165) is 36.8 Å². The molecule has 7 nitrogen and oxygen atoms in total. The van der Waals surface area contributed by atoms with Crippen molar-refractivity contribution in [1.82, 2.24) is 5.32 Å². The number of carbonyl (C=O) groups is 3. The molecule has 0 aromatic rings. The lowest BCUT2D eigenvalue weighted by Gasteiger charge is -2.39. The summed E-state index contributed by atoms with van der Waals surface area (Å²) in [6, 6.07) is 0.0604. The predicted molar refractivity (Wildman–Crippen MR) is 145 cm³/mol. The van der Waals surface area contributed by atoms with E-state index in [9.17, 15) is 14.4 Å². The van der Waals surface area contributed by atoms with Gasteiger partial charge in [-0.15, -0.1) is 0 Å². The summed E-state index contributed by atoms with van der Waals surface area (Å²) >= 11 is 0. The lowest BCUT2D eigenvalue weighted by molar-refractivity contribution is -0.166. The number of amides is 1. The van der Waals surface area contributed by atoms with Crippen LogP contribution in [0.1, 0.15) is 60.3 Å². The smallest absolute Gasteiger partial charge is 0.303 e. The standard InChI is InChI=1S/C31H41NO6/c1-6-7-8-9-12-23-17-26-30(38-26)28-19(3)16-22-14-15-25(36-20(4)33)29(37-21(5)34)27(22)18(2)11-10-13-24(28)31(35)32-23/h8-11,13-16,22-30H,6-7,12,17H2,1-5H3,(H,32,35)/b9-8+,13-10+,18-11-,19-16+. The molecule has 0 radical (unpaired) electrons. The molecule has 0 aromatic carbocycles. The van der Waals surface area contributed by atoms with E-state index in [-0.39, 0.29) is 47.8 Å². The Balaban J connectivity index is 1.66. The van der Waals surface area contributed by atoms with Crippen molar-refractivity contribution >= 4 is 17.8 Å². The highest BCUT2D eigenvalue weighted by molar-refractivity contribution is 5.82. The van der Waals surface area contributed by atoms with Crippen molar-refractivity contribution in [3.63, 3.8) is 0 Å². The molecule has 2 fully saturated rings. The Labute approximate surface area is 226 Å². The van der Waals surface area contributed by atoms with E-state index >= 15 is 0 Å². The van der Waals surface area contributed by atoms with Gasteiger partial charge in [-0.25, -0.2) is 0 Å². The second kappa shape index (κ2) is 12.3. The summed E-state index contributed by atoms with van der Waals surface area (Å²) in [6.07, 6.45) is 18.8. The van der Waals surface area contributed by atoms with Gasteiger partial charge in [0.05, 0.1) is 18.1 Å². The van der Waals surface area contributed by atoms with Gasteiger partial charge in [-0.1, -0.05) is 67.0 Å². The summed E-state index contributed by atoms with van der Waals surface area (Å²) in [4.78, 5) is 37.4. The number of nitrogens with one attached hydrogen (secondary N) is 1. The summed E-state index contributed by atoms with van der Waals surface area (Å²) < 4.78 is 17.4. The summed E-state index contributed by atoms with van der Waals surface area (Å²) in [7, 11) is 0. The Hall–Kier alpha value is -2.93. The highest BCUT2D eigenvalue weighted by Crippen LogP contribution is 2.45. The fraction of sp³-hybridized carbons (Fsp3) is 0.581. The zero-order valence-electron chi connectivity index (χ0n) is 23.1. The van der Waals surface area contributed by atoms with Crippen LogP contribution in [-0.2, 0) is 28.6 Å². The van der Waals surface area contributed by atoms with Crippen molar-refractivity contribution in [2.75, 3.05) is 0 Å². The SMILES string of the molecule is CCC/C=C/CC1CC2OC2C2/C(C)=C/C3C=CC(OC(C)=O)C(OC(C)=O)C3/C(C)=C\C=C\C2C(=O)N1. The van der Waals surface area contributed by atoms with Crippen LogP contribution < -0.4 is 5.32 Å². The first-order valence-electron chi connectivity index (χ1n) is 13.9. The molecule has 0 saturated carbocycles. The van der Waals surface area contributed by atoms with Crippen LogP contribution in [0, 0.1) is 23.7 Å². The van der Waals surface area contributed by atoms with Crippen LogP contribution in [0.25, 0.3) is 0 Å². The van der Waals surface area contributed by atoms with E-state index in [1.54, 1.807) is 0 Å². The van der Waals surface area contributed by atoms with Gasteiger partial charge < -0.3 is 19.5 Å². The Morgan fingerprint density at radius 2 is 1.82 bits per heavy atom. The van der Waals surface area contributed by atoms with E-state index in [0.29, 0.717) is 0 Å². The molecular formula is C31H41NO6. The minimum atomic E-state index is -0.666. The first kappa shape index (κ1) is 28.1. The maximum absolute atomic E-state index is 13.5. The van der Waals surface area contributed by atoms with Crippen molar-refractivity contribution in [3.8, 4) is 0 Å². The number of hydrogen-bond acceptors (Lipinski definition) is 6. The molecule has 0 spiro atoms. The molecule has 2 heterocycles. The van der Waals surface area contributed by atoms with E-state index in [2.05, 4.69) is 37.4 Å². The van der Waals surface area contributed by atoms with E-state index < -0.39 is 24.1 Å². The number of unbranched alkanes of at least 4 members (excludes halogenated alkanes) is 1. The third-order valence-corrected chi connectivity index (χ3v) is 7.98. The fourth-order valence-corrected chi connectivity index (χ4v) is 6.21. The molecule has 9 unspecified atom stereocenters. The molecule has 206 valence electrons. The normalized spacial score (nSPS) is 39.9. The van der Waals surface area contributed by atoms with Gasteiger partial charge in [-0.3, -0.25) is 14.4 Å². The average molecular weight is 524 g/mol. The third-order valence-electron chi connectivity index (χ3n) is 7.98. The van der Waals surface area contributed by atoms with Gasteiger partial charge >= 0.3 is 11.9 Å². The lowest BCUT2D eigenvalue weighted by atomic mass is 9.72. The number of allylic oxidation sites excluding steroid dienone is 5. The monoisotopic (exact) mass is 523 g/mol. The number of carbonyl (C=O) groups excluding carboxylic acids is 3. The van der Waals surface area contributed by atoms with Crippen molar-refractivity contribution in [1.29, 1.82) is 0 Å². The number of rotatable bonds is 6. The Kier molecular flexibility index (Phi) is 9.08. The van der Waals surface area contributed by atoms with Crippen molar-refractivity contribution in [2.45, 2.75) is 90.8 Å². The maximum Gasteiger partial charge on any atom is 0.303 e. The maximum atomic E-state index is 13.5. The van der Waals surface area contributed by atoms with Gasteiger partial charge in [0.15, 0.2) is 6.10 Å². The predicted octanol–water partition coefficient (Wildman–Crippen LogP) is 4.75. The molecule has 2 aliphatic heterocycles. The molecule has 0 bridgehead atoms. The second-order valence-electron chi connectivity index (χ2n) is 11.0. The minimum absolute atomic E-state index is 0.0114. The molecule has 4 rings (SSSR count). The molecule has 2 saturated heterocycles. The fourth-order valence-electron chi connectivity index (χ4n) is 6.21. The van der Waals surface area contributed by atoms with Crippen LogP contribution in [0.3, 0.4) is 0 Å². The molecule has 0 aromatic heterocycles. The van der Waals surface area contributed by atoms with Crippen molar-refractivity contribution < 1.29 is 28.6 Å². The highest BCUT2D eigenvalue weighted by atomic mass is 16.6. The first-order chi connectivity index (χ1) is 18.2. The number of hydrogen-bond donors (Lipinski definition) is 1. The van der Waals surface area contributed by atoms with Crippen LogP contribution in [-0.4, -0.2) is 48.3 Å². The summed E-state index contributed by atoms with van der Waals surface area (Å²) in [5, 5.41) is 3.29. The Morgan fingerprint density at radius 3 is 2.53 bits per heavy atom. The molecule has 4 aliphatic rings. The van der Waals surface area contributed by atoms with Gasteiger partial charge in [0, 0.05) is 37.6 Å². The van der Waals surface area contributed by atoms with Gasteiger partial charge in [0.1, 0.15) is 6.10 Å². The minimum Gasteiger partial charge on any atom is -0.458 e. The van der Waals surface area contributed by atoms with Crippen LogP contribution in [0.5, 0.6) is 0 Å². The molecule has 9 atom stereocenters. The molecule has 1 N–H and O–H groups in total. The molecule has 1 amide bonds. The van der Waals surface area contributed by atoms with E-state index in [1.165, 1.54) is 13.8 Å². The largest absolute Gasteiger partial charge is 0.458 e. The third kappa shape index (κ3) is 6.55. The quantitative estimate of drug-likeness (QED) is 0.307. The lowest BCUT2D eigenvalue weighted by Crippen LogP contribution is -2.46. The van der Waals surface area contributed by atoms with Gasteiger partial charge in [0.25, 0.3) is 0 Å². The van der Waals surface area contributed by atoms with Crippen LogP contribution in [0.2, 0.25) is 0 Å². The number of fused-ring (bicyclic) bond motifs is 4. The topological polar surface area (TPSA) is 94.2 Å². The van der Waals surface area contributed by atoms with Crippen molar-refractivity contribution in [3.05, 3.63) is 59.8 Å². The zero-order chi connectivity index (χ0) is 27.4. The zero-order valence-corrected chi connectivity index (χ0v) is 23.1. The molecule has 2 aliphatic carbocycles. The van der Waals surface area contributed by atoms with Gasteiger partial charge in [-0.05, 0) is 39.2 Å². The van der Waals surface area contributed by atoms with Gasteiger partial charge in [-0.2, -0.15) is 0 Å². The summed E-state index contributed by atoms with van der Waals surface area (Å²) in [5.41, 5.74) is 2.05. The number of esters is 2. The van der Waals surface area contributed by atoms with E-state index in [4.69, 9.17) is 14.2 Å². The summed E-state index contributed by atoms with van der Waals surface area (Å²) in [5.74, 6) is -1.59. The first-order valence-corrected chi connectivity index (χ1v) is 13.9. The molecule has 7 heteroatoms. The average Bonchev–Trinajstić information content (AvgIpc) is 3.58. The Morgan fingerprint density at radius 1 is 1.05 bits per heavy atom. The highest BCUT2D eigenvalue weighted by Gasteiger charge is 2.52. The Bertz CT molecular complexity index is 1070. The van der Waals surface area contributed by atoms with Crippen LogP contribution in [0.4, 0.5) is 0 Å². The molecular weight excluding hydrogens is 482 g/mol. The van der Waals surface area contributed by atoms with Crippen LogP contribution >= 0.6 is 0 Å². The number of ether oxygens (including phenoxy) is 3. The van der Waals surface area contributed by atoms with E-state index in [1.807, 2.05) is 37.3 Å². The number of epoxide rings is 1. The van der Waals surface area contributed by atoms with Crippen LogP contribution in [0.15, 0.2) is 59.8 Å². The second-order valence-corrected chi connectivity index (χ2v) is 11.0.